The molecule has 0 unspecified atom stereocenters. The third kappa shape index (κ3) is 7.03. The van der Waals surface area contributed by atoms with Crippen molar-refractivity contribution in [3.8, 4) is 61.3 Å². The van der Waals surface area contributed by atoms with E-state index in [-0.39, 0.29) is 5.41 Å². The highest BCUT2D eigenvalue weighted by Crippen LogP contribution is 2.52. The SMILES string of the molecule is CC1(C)c2ccccc2-c2ccc(-c3ccc(-c4ccc(N(c5ccc(-c6cccc7ccccc67)cc5)c5ccccc5-c5ccccc5-n5c6ccccc6c6ccccc65)c5ccccc45)c4ccccc34)cc21. The largest absolute Gasteiger partial charge is 0.309 e. The molecule has 14 aromatic rings. The average Bonchev–Trinajstić information content (AvgIpc) is 3.98. The van der Waals surface area contributed by atoms with Crippen LogP contribution in [0.15, 0.2) is 279 Å². The molecule has 0 saturated carbocycles. The lowest BCUT2D eigenvalue weighted by molar-refractivity contribution is 0.660. The Morgan fingerprint density at radius 1 is 0.286 bits per heavy atom. The molecular weight excluding hydrogens is 929 g/mol. The van der Waals surface area contributed by atoms with Crippen molar-refractivity contribution in [3.05, 3.63) is 290 Å². The molecule has 0 radical (unpaired) electrons. The van der Waals surface area contributed by atoms with Gasteiger partial charge in [0.25, 0.3) is 0 Å². The topological polar surface area (TPSA) is 8.17 Å². The summed E-state index contributed by atoms with van der Waals surface area (Å²) in [6.07, 6.45) is 0. The molecule has 77 heavy (non-hydrogen) atoms. The number of fused-ring (bicyclic) bond motifs is 9. The third-order valence-corrected chi connectivity index (χ3v) is 16.6. The lowest BCUT2D eigenvalue weighted by Gasteiger charge is -2.30. The van der Waals surface area contributed by atoms with Gasteiger partial charge in [0.1, 0.15) is 0 Å². The molecule has 0 bridgehead atoms. The van der Waals surface area contributed by atoms with E-state index in [0.717, 1.165) is 33.9 Å². The number of rotatable bonds is 8. The van der Waals surface area contributed by atoms with Crippen molar-refractivity contribution in [3.63, 3.8) is 0 Å². The van der Waals surface area contributed by atoms with Crippen molar-refractivity contribution in [2.24, 2.45) is 0 Å². The highest BCUT2D eigenvalue weighted by atomic mass is 15.1. The standard InChI is InChI=1S/C75H52N2/c1-75(2)68-33-14-9-26-61(68)62-43-40-51(48-69(62)75)55-44-45-59(57-24-6-5-23-56(55)57)60-46-47-74(63-27-8-7-25-58(60)63)76(52-41-38-50(39-42-52)54-32-19-21-49-20-3-4-22-53(49)54)70-34-15-10-28-64(70)65-29-11-16-35-71(65)77-72-36-17-12-30-66(72)67-31-13-18-37-73(67)77/h3-48H,1-2H3. The van der Waals surface area contributed by atoms with Crippen LogP contribution in [0, 0.1) is 0 Å². The Bertz CT molecular complexity index is 4610. The average molecular weight is 981 g/mol. The van der Waals surface area contributed by atoms with Crippen LogP contribution in [-0.2, 0) is 5.41 Å². The Morgan fingerprint density at radius 3 is 1.49 bits per heavy atom. The van der Waals surface area contributed by atoms with E-state index in [1.54, 1.807) is 0 Å². The molecule has 362 valence electrons. The van der Waals surface area contributed by atoms with Gasteiger partial charge in [0.15, 0.2) is 0 Å². The number of benzene rings is 13. The summed E-state index contributed by atoms with van der Waals surface area (Å²) in [5, 5.41) is 9.81. The van der Waals surface area contributed by atoms with Gasteiger partial charge in [-0.3, -0.25) is 0 Å². The Kier molecular flexibility index (Phi) is 10.3. The van der Waals surface area contributed by atoms with Crippen LogP contribution in [0.4, 0.5) is 17.1 Å². The van der Waals surface area contributed by atoms with Crippen molar-refractivity contribution >= 4 is 71.2 Å². The van der Waals surface area contributed by atoms with Gasteiger partial charge in [0.05, 0.1) is 28.1 Å². The van der Waals surface area contributed by atoms with E-state index in [1.807, 2.05) is 0 Å². The first-order valence-electron chi connectivity index (χ1n) is 26.8. The van der Waals surface area contributed by atoms with Crippen molar-refractivity contribution in [1.82, 2.24) is 4.57 Å². The van der Waals surface area contributed by atoms with Crippen LogP contribution in [0.3, 0.4) is 0 Å². The molecule has 0 N–H and O–H groups in total. The highest BCUT2D eigenvalue weighted by Gasteiger charge is 2.35. The van der Waals surface area contributed by atoms with Crippen LogP contribution in [0.1, 0.15) is 25.0 Å². The lowest BCUT2D eigenvalue weighted by atomic mass is 9.81. The lowest BCUT2D eigenvalue weighted by Crippen LogP contribution is -2.14. The van der Waals surface area contributed by atoms with Gasteiger partial charge in [0.2, 0.25) is 0 Å². The van der Waals surface area contributed by atoms with E-state index in [2.05, 4.69) is 302 Å². The molecule has 0 spiro atoms. The first kappa shape index (κ1) is 44.7. The number of hydrogen-bond acceptors (Lipinski definition) is 1. The molecule has 0 fully saturated rings. The van der Waals surface area contributed by atoms with Crippen molar-refractivity contribution in [1.29, 1.82) is 0 Å². The predicted molar refractivity (Wildman–Crippen MR) is 327 cm³/mol. The number of anilines is 3. The fourth-order valence-electron chi connectivity index (χ4n) is 13.0. The second kappa shape index (κ2) is 17.7. The summed E-state index contributed by atoms with van der Waals surface area (Å²) in [4.78, 5) is 2.49. The van der Waals surface area contributed by atoms with Crippen LogP contribution in [-0.4, -0.2) is 4.57 Å². The summed E-state index contributed by atoms with van der Waals surface area (Å²) in [5.74, 6) is 0. The Labute approximate surface area is 449 Å². The monoisotopic (exact) mass is 980 g/mol. The van der Waals surface area contributed by atoms with Gasteiger partial charge in [-0.05, 0) is 131 Å². The summed E-state index contributed by atoms with van der Waals surface area (Å²) < 4.78 is 2.45. The second-order valence-electron chi connectivity index (χ2n) is 21.1. The van der Waals surface area contributed by atoms with Gasteiger partial charge in [0, 0.05) is 38.4 Å². The van der Waals surface area contributed by atoms with E-state index in [9.17, 15) is 0 Å². The molecule has 1 aromatic heterocycles. The molecule has 0 aliphatic heterocycles. The van der Waals surface area contributed by atoms with Crippen molar-refractivity contribution in [2.75, 3.05) is 4.90 Å². The maximum atomic E-state index is 2.49. The molecule has 0 amide bonds. The maximum absolute atomic E-state index is 2.49. The van der Waals surface area contributed by atoms with E-state index >= 15 is 0 Å². The van der Waals surface area contributed by atoms with Gasteiger partial charge in [-0.1, -0.05) is 244 Å². The summed E-state index contributed by atoms with van der Waals surface area (Å²) in [6.45, 7) is 4.73. The minimum absolute atomic E-state index is 0.0820. The smallest absolute Gasteiger partial charge is 0.0541 e. The first-order valence-corrected chi connectivity index (χ1v) is 26.8. The van der Waals surface area contributed by atoms with Gasteiger partial charge in [-0.25, -0.2) is 0 Å². The van der Waals surface area contributed by atoms with Crippen molar-refractivity contribution in [2.45, 2.75) is 19.3 Å². The molecule has 15 rings (SSSR count). The zero-order valence-corrected chi connectivity index (χ0v) is 43.0. The number of hydrogen-bond donors (Lipinski definition) is 0. The Hall–Kier alpha value is -9.76. The molecular formula is C75H52N2. The van der Waals surface area contributed by atoms with Gasteiger partial charge in [-0.15, -0.1) is 0 Å². The van der Waals surface area contributed by atoms with Crippen LogP contribution < -0.4 is 4.90 Å². The quantitative estimate of drug-likeness (QED) is 0.147. The van der Waals surface area contributed by atoms with Gasteiger partial charge < -0.3 is 9.47 Å². The second-order valence-corrected chi connectivity index (χ2v) is 21.1. The van der Waals surface area contributed by atoms with Crippen LogP contribution in [0.25, 0.3) is 115 Å². The summed E-state index contributed by atoms with van der Waals surface area (Å²) in [7, 11) is 0. The minimum atomic E-state index is -0.0820. The van der Waals surface area contributed by atoms with Crippen molar-refractivity contribution < 1.29 is 0 Å². The molecule has 0 saturated heterocycles. The van der Waals surface area contributed by atoms with Crippen LogP contribution in [0.2, 0.25) is 0 Å². The minimum Gasteiger partial charge on any atom is -0.309 e. The number of aromatic nitrogens is 1. The van der Waals surface area contributed by atoms with Gasteiger partial charge >= 0.3 is 0 Å². The molecule has 1 aliphatic carbocycles. The maximum Gasteiger partial charge on any atom is 0.0541 e. The van der Waals surface area contributed by atoms with Gasteiger partial charge in [-0.2, -0.15) is 0 Å². The number of para-hydroxylation sites is 4. The van der Waals surface area contributed by atoms with Crippen LogP contribution >= 0.6 is 0 Å². The Balaban J connectivity index is 0.915. The zero-order chi connectivity index (χ0) is 51.2. The molecule has 0 atom stereocenters. The normalized spacial score (nSPS) is 12.6. The van der Waals surface area contributed by atoms with E-state index < -0.39 is 0 Å². The molecule has 1 aliphatic rings. The van der Waals surface area contributed by atoms with E-state index in [4.69, 9.17) is 0 Å². The van der Waals surface area contributed by atoms with E-state index in [1.165, 1.54) is 110 Å². The molecule has 2 nitrogen and oxygen atoms in total. The zero-order valence-electron chi connectivity index (χ0n) is 43.0. The third-order valence-electron chi connectivity index (χ3n) is 16.6. The molecule has 2 heteroatoms. The van der Waals surface area contributed by atoms with E-state index in [0.29, 0.717) is 0 Å². The Morgan fingerprint density at radius 2 is 0.753 bits per heavy atom. The number of nitrogens with zero attached hydrogens (tertiary/aromatic N) is 2. The summed E-state index contributed by atoms with van der Waals surface area (Å²) in [6, 6.07) is 103. The first-order chi connectivity index (χ1) is 38.0. The molecule has 13 aromatic carbocycles. The predicted octanol–water partition coefficient (Wildman–Crippen LogP) is 20.7. The fraction of sp³-hybridized carbons (Fsp3) is 0.0400. The summed E-state index contributed by atoms with van der Waals surface area (Å²) in [5.41, 5.74) is 21.7. The fourth-order valence-corrected chi connectivity index (χ4v) is 13.0. The van der Waals surface area contributed by atoms with Crippen LogP contribution in [0.5, 0.6) is 0 Å². The molecule has 1 heterocycles. The summed E-state index contributed by atoms with van der Waals surface area (Å²) >= 11 is 0. The highest BCUT2D eigenvalue weighted by molar-refractivity contribution is 6.14.